The van der Waals surface area contributed by atoms with Crippen molar-refractivity contribution >= 4 is 37.9 Å². The minimum absolute atomic E-state index is 0.184. The lowest BCUT2D eigenvalue weighted by molar-refractivity contribution is 0.0411. The zero-order valence-corrected chi connectivity index (χ0v) is 29.8. The summed E-state index contributed by atoms with van der Waals surface area (Å²) < 4.78 is 22.0. The molecule has 0 spiro atoms. The molecule has 1 aromatic rings. The minimum Gasteiger partial charge on any atom is -0.453 e. The van der Waals surface area contributed by atoms with Gasteiger partial charge in [-0.25, -0.2) is 14.4 Å². The third-order valence-corrected chi connectivity index (χ3v) is 9.56. The predicted octanol–water partition coefficient (Wildman–Crippen LogP) is 6.16. The number of likely N-dealkylation sites (N-methyl/N-ethyl adjacent to an activating group) is 1. The van der Waals surface area contributed by atoms with Gasteiger partial charge in [-0.1, -0.05) is 50.3 Å². The molecule has 2 rings (SSSR count). The van der Waals surface area contributed by atoms with E-state index in [-0.39, 0.29) is 37.4 Å². The maximum Gasteiger partial charge on any atom is 0.409 e. The van der Waals surface area contributed by atoms with E-state index >= 15 is 0 Å². The van der Waals surface area contributed by atoms with Gasteiger partial charge in [-0.3, -0.25) is 0 Å². The summed E-state index contributed by atoms with van der Waals surface area (Å²) in [5.41, 5.74) is 0.891. The lowest BCUT2D eigenvalue weighted by Crippen LogP contribution is -2.51. The quantitative estimate of drug-likeness (QED) is 0.142. The number of urea groups is 1. The van der Waals surface area contributed by atoms with E-state index in [1.807, 2.05) is 25.1 Å². The smallest absolute Gasteiger partial charge is 0.409 e. The van der Waals surface area contributed by atoms with Crippen molar-refractivity contribution in [1.29, 1.82) is 0 Å². The molecule has 3 atom stereocenters. The van der Waals surface area contributed by atoms with E-state index in [1.165, 1.54) is 7.11 Å². The Bertz CT molecular complexity index is 1040. The highest BCUT2D eigenvalue weighted by molar-refractivity contribution is 6.76. The van der Waals surface area contributed by atoms with Gasteiger partial charge in [0.05, 0.1) is 26.4 Å². The summed E-state index contributed by atoms with van der Waals surface area (Å²) in [6.45, 7) is 12.5. The summed E-state index contributed by atoms with van der Waals surface area (Å²) in [6, 6.07) is 7.91. The van der Waals surface area contributed by atoms with Crippen LogP contribution in [0, 0.1) is 5.92 Å². The van der Waals surface area contributed by atoms with Crippen molar-refractivity contribution in [3.8, 4) is 0 Å². The van der Waals surface area contributed by atoms with E-state index in [4.69, 9.17) is 25.8 Å². The summed E-state index contributed by atoms with van der Waals surface area (Å²) in [5.74, 6) is 0.305. The summed E-state index contributed by atoms with van der Waals surface area (Å²) in [5, 5.41) is 6.44. The Kier molecular flexibility index (Phi) is 17.6. The summed E-state index contributed by atoms with van der Waals surface area (Å²) in [6.07, 6.45) is 2.78. The van der Waals surface area contributed by atoms with Crippen LogP contribution in [0.15, 0.2) is 24.3 Å². The van der Waals surface area contributed by atoms with Crippen LogP contribution in [0.2, 0.25) is 30.7 Å². The van der Waals surface area contributed by atoms with Crippen molar-refractivity contribution in [3.63, 3.8) is 0 Å². The Balaban J connectivity index is 2.08. The normalized spacial score (nSPS) is 16.3. The lowest BCUT2D eigenvalue weighted by Gasteiger charge is -2.32. The van der Waals surface area contributed by atoms with Crippen molar-refractivity contribution in [2.45, 2.75) is 76.9 Å². The molecule has 0 aliphatic carbocycles. The average molecular weight is 671 g/mol. The number of hydrogen-bond donors (Lipinski definition) is 2. The second-order valence-electron chi connectivity index (χ2n) is 12.9. The fraction of sp³-hybridized carbons (Fsp3) is 0.719. The molecule has 0 bridgehead atoms. The Hall–Kier alpha value is -2.54. The number of nitrogens with zero attached hydrogens (tertiary/aromatic N) is 2. The number of amides is 4. The monoisotopic (exact) mass is 670 g/mol. The lowest BCUT2D eigenvalue weighted by atomic mass is 9.94. The number of hydrogen-bond acceptors (Lipinski definition) is 7. The van der Waals surface area contributed by atoms with Crippen LogP contribution < -0.4 is 10.6 Å². The molecule has 1 aromatic carbocycles. The Morgan fingerprint density at radius 2 is 1.96 bits per heavy atom. The summed E-state index contributed by atoms with van der Waals surface area (Å²) in [7, 11) is 1.70. The van der Waals surface area contributed by atoms with Gasteiger partial charge in [-0.2, -0.15) is 0 Å². The standard InChI is InChI=1S/C32H55ClN4O7Si/c1-7-15-37(16-13-29(26-11-8-12-27(33)22-26)43-18-14-34-31(39)41-3)30(38)35-28(21-25-10-9-17-42-24-25)23-36(2)32(40)44-19-20-45(4,5)6/h8,11-12,22,25,28-29H,7,9-10,13-21,23-24H2,1-6H3,(H,34,39)(H,35,38)/t25-,28+,29?/m1/s1. The number of alkyl carbamates (subject to hydrolysis) is 1. The highest BCUT2D eigenvalue weighted by atomic mass is 35.5. The van der Waals surface area contributed by atoms with Crippen LogP contribution >= 0.6 is 11.6 Å². The topological polar surface area (TPSA) is 119 Å². The van der Waals surface area contributed by atoms with Gasteiger partial charge in [0.2, 0.25) is 0 Å². The molecule has 1 saturated heterocycles. The van der Waals surface area contributed by atoms with Crippen LogP contribution in [0.5, 0.6) is 0 Å². The van der Waals surface area contributed by atoms with Gasteiger partial charge < -0.3 is 39.4 Å². The first-order chi connectivity index (χ1) is 21.4. The van der Waals surface area contributed by atoms with Crippen molar-refractivity contribution in [2.75, 3.05) is 66.8 Å². The fourth-order valence-electron chi connectivity index (χ4n) is 5.14. The van der Waals surface area contributed by atoms with Crippen molar-refractivity contribution in [3.05, 3.63) is 34.9 Å². The Labute approximate surface area is 275 Å². The molecule has 0 radical (unpaired) electrons. The molecule has 256 valence electrons. The van der Waals surface area contributed by atoms with Crippen LogP contribution in [0.3, 0.4) is 0 Å². The minimum atomic E-state index is -1.33. The zero-order valence-electron chi connectivity index (χ0n) is 28.1. The summed E-state index contributed by atoms with van der Waals surface area (Å²) in [4.78, 5) is 41.3. The first-order valence-electron chi connectivity index (χ1n) is 16.1. The van der Waals surface area contributed by atoms with E-state index in [9.17, 15) is 14.4 Å². The number of carbonyl (C=O) groups is 3. The maximum absolute atomic E-state index is 13.7. The first kappa shape index (κ1) is 38.6. The molecule has 4 amide bonds. The van der Waals surface area contributed by atoms with Crippen LogP contribution in [-0.2, 0) is 18.9 Å². The van der Waals surface area contributed by atoms with Gasteiger partial charge in [0.15, 0.2) is 0 Å². The molecule has 1 aliphatic rings. The second kappa shape index (κ2) is 20.6. The molecule has 0 aromatic heterocycles. The fourth-order valence-corrected chi connectivity index (χ4v) is 6.05. The molecule has 0 saturated carbocycles. The van der Waals surface area contributed by atoms with Crippen LogP contribution in [-0.4, -0.2) is 109 Å². The van der Waals surface area contributed by atoms with Crippen LogP contribution in [0.25, 0.3) is 0 Å². The Morgan fingerprint density at radius 3 is 2.60 bits per heavy atom. The van der Waals surface area contributed by atoms with Gasteiger partial charge in [0.1, 0.15) is 0 Å². The van der Waals surface area contributed by atoms with Crippen molar-refractivity contribution in [2.24, 2.45) is 5.92 Å². The molecule has 45 heavy (non-hydrogen) atoms. The average Bonchev–Trinajstić information content (AvgIpc) is 2.99. The predicted molar refractivity (Wildman–Crippen MR) is 180 cm³/mol. The molecule has 11 nitrogen and oxygen atoms in total. The molecular weight excluding hydrogens is 616 g/mol. The van der Waals surface area contributed by atoms with E-state index < -0.39 is 14.2 Å². The van der Waals surface area contributed by atoms with Crippen molar-refractivity contribution < 1.29 is 33.3 Å². The van der Waals surface area contributed by atoms with E-state index in [0.717, 1.165) is 37.5 Å². The van der Waals surface area contributed by atoms with Gasteiger partial charge in [0, 0.05) is 65.6 Å². The molecular formula is C32H55ClN4O7Si. The zero-order chi connectivity index (χ0) is 33.2. The number of methoxy groups -OCH3 is 1. The summed E-state index contributed by atoms with van der Waals surface area (Å²) >= 11 is 6.27. The second-order valence-corrected chi connectivity index (χ2v) is 18.9. The van der Waals surface area contributed by atoms with Crippen LogP contribution in [0.1, 0.15) is 50.7 Å². The molecule has 1 fully saturated rings. The van der Waals surface area contributed by atoms with Gasteiger partial charge >= 0.3 is 18.2 Å². The number of nitrogens with one attached hydrogen (secondary N) is 2. The number of carbonyl (C=O) groups excluding carboxylic acids is 3. The maximum atomic E-state index is 13.7. The van der Waals surface area contributed by atoms with E-state index in [0.29, 0.717) is 56.6 Å². The van der Waals surface area contributed by atoms with E-state index in [1.54, 1.807) is 22.9 Å². The van der Waals surface area contributed by atoms with Crippen LogP contribution in [0.4, 0.5) is 14.4 Å². The van der Waals surface area contributed by atoms with Crippen molar-refractivity contribution in [1.82, 2.24) is 20.4 Å². The molecule has 1 aliphatic heterocycles. The highest BCUT2D eigenvalue weighted by Gasteiger charge is 2.27. The van der Waals surface area contributed by atoms with Gasteiger partial charge in [-0.05, 0) is 61.8 Å². The molecule has 1 unspecified atom stereocenters. The first-order valence-corrected chi connectivity index (χ1v) is 20.2. The number of benzene rings is 1. The largest absolute Gasteiger partial charge is 0.453 e. The number of ether oxygens (including phenoxy) is 4. The highest BCUT2D eigenvalue weighted by Crippen LogP contribution is 2.25. The molecule has 2 N–H and O–H groups in total. The van der Waals surface area contributed by atoms with E-state index in [2.05, 4.69) is 35.0 Å². The third kappa shape index (κ3) is 16.0. The van der Waals surface area contributed by atoms with Gasteiger partial charge in [-0.15, -0.1) is 0 Å². The number of rotatable bonds is 18. The third-order valence-electron chi connectivity index (χ3n) is 7.62. The molecule has 1 heterocycles. The number of halogens is 1. The molecule has 13 heteroatoms. The Morgan fingerprint density at radius 1 is 1.18 bits per heavy atom. The SMILES string of the molecule is CCCN(CCC(OCCNC(=O)OC)c1cccc(Cl)c1)C(=O)N[C@@H](C[C@H]1CCCOC1)CN(C)C(=O)OCC[Si](C)(C)C. The van der Waals surface area contributed by atoms with Gasteiger partial charge in [0.25, 0.3) is 0 Å².